The summed E-state index contributed by atoms with van der Waals surface area (Å²) in [6, 6.07) is 2.68. The molecule has 0 spiro atoms. The lowest BCUT2D eigenvalue weighted by Crippen LogP contribution is -2.04. The number of halogens is 2. The lowest BCUT2D eigenvalue weighted by molar-refractivity contribution is -0.105. The summed E-state index contributed by atoms with van der Waals surface area (Å²) in [7, 11) is 0. The highest BCUT2D eigenvalue weighted by Crippen LogP contribution is 2.37. The fourth-order valence-electron chi connectivity index (χ4n) is 1.78. The smallest absolute Gasteiger partial charge is 0.339 e. The van der Waals surface area contributed by atoms with Crippen LogP contribution in [0.1, 0.15) is 15.9 Å². The van der Waals surface area contributed by atoms with Crippen LogP contribution in [-0.2, 0) is 4.79 Å². The molecule has 1 amide bonds. The van der Waals surface area contributed by atoms with Crippen LogP contribution in [0.4, 0.5) is 13.8 Å². The quantitative estimate of drug-likeness (QED) is 0.851. The maximum atomic E-state index is 13.9. The molecule has 0 aliphatic rings. The summed E-state index contributed by atoms with van der Waals surface area (Å²) >= 11 is 0.930. The molecule has 0 radical (unpaired) electrons. The third-order valence-electron chi connectivity index (χ3n) is 2.76. The number of benzene rings is 1. The molecule has 0 aliphatic carbocycles. The van der Waals surface area contributed by atoms with Crippen LogP contribution in [-0.4, -0.2) is 17.5 Å². The topological polar surface area (TPSA) is 66.4 Å². The number of anilines is 1. The van der Waals surface area contributed by atoms with E-state index in [1.54, 1.807) is 0 Å². The Bertz CT molecular complexity index is 697. The molecule has 0 saturated carbocycles. The predicted molar refractivity (Wildman–Crippen MR) is 71.1 cm³/mol. The number of aryl methyl sites for hydroxylation is 1. The lowest BCUT2D eigenvalue weighted by Gasteiger charge is -2.06. The Hall–Kier alpha value is -2.28. The zero-order valence-electron chi connectivity index (χ0n) is 10.2. The van der Waals surface area contributed by atoms with Crippen LogP contribution in [0.5, 0.6) is 0 Å². The van der Waals surface area contributed by atoms with E-state index in [-0.39, 0.29) is 27.3 Å². The van der Waals surface area contributed by atoms with Crippen molar-refractivity contribution in [2.45, 2.75) is 6.92 Å². The fourth-order valence-corrected chi connectivity index (χ4v) is 2.69. The molecule has 0 saturated heterocycles. The highest BCUT2D eigenvalue weighted by molar-refractivity contribution is 7.15. The molecule has 0 aliphatic heterocycles. The van der Waals surface area contributed by atoms with Crippen LogP contribution in [0.3, 0.4) is 0 Å². The first kappa shape index (κ1) is 14.1. The van der Waals surface area contributed by atoms with E-state index in [9.17, 15) is 23.5 Å². The van der Waals surface area contributed by atoms with Crippen molar-refractivity contribution in [1.82, 2.24) is 0 Å². The van der Waals surface area contributed by atoms with Gasteiger partial charge in [-0.25, -0.2) is 13.6 Å². The molecular formula is C13H9F2NO3S. The minimum absolute atomic E-state index is 0.0308. The summed E-state index contributed by atoms with van der Waals surface area (Å²) in [6.45, 7) is 1.41. The Labute approximate surface area is 116 Å². The zero-order valence-corrected chi connectivity index (χ0v) is 11.1. The van der Waals surface area contributed by atoms with Crippen molar-refractivity contribution >= 4 is 28.7 Å². The van der Waals surface area contributed by atoms with Gasteiger partial charge in [-0.05, 0) is 12.5 Å². The van der Waals surface area contributed by atoms with E-state index in [1.165, 1.54) is 24.4 Å². The van der Waals surface area contributed by atoms with E-state index in [2.05, 4.69) is 5.32 Å². The molecule has 0 atom stereocenters. The summed E-state index contributed by atoms with van der Waals surface area (Å²) in [4.78, 5) is 21.7. The summed E-state index contributed by atoms with van der Waals surface area (Å²) < 4.78 is 27.5. The second-order valence-corrected chi connectivity index (χ2v) is 4.86. The maximum Gasteiger partial charge on any atom is 0.339 e. The predicted octanol–water partition coefficient (Wildman–Crippen LogP) is 3.27. The summed E-state index contributed by atoms with van der Waals surface area (Å²) in [5.74, 6) is -3.45. The first-order chi connectivity index (χ1) is 9.47. The van der Waals surface area contributed by atoms with Gasteiger partial charge in [0.25, 0.3) is 0 Å². The third kappa shape index (κ3) is 2.27. The largest absolute Gasteiger partial charge is 0.478 e. The minimum Gasteiger partial charge on any atom is -0.478 e. The van der Waals surface area contributed by atoms with Gasteiger partial charge < -0.3 is 10.4 Å². The van der Waals surface area contributed by atoms with Crippen molar-refractivity contribution in [3.63, 3.8) is 0 Å². The van der Waals surface area contributed by atoms with Gasteiger partial charge in [-0.1, -0.05) is 12.1 Å². The Morgan fingerprint density at radius 3 is 2.60 bits per heavy atom. The molecule has 2 aromatic rings. The molecule has 20 heavy (non-hydrogen) atoms. The van der Waals surface area contributed by atoms with E-state index < -0.39 is 17.6 Å². The second kappa shape index (κ2) is 5.38. The van der Waals surface area contributed by atoms with Crippen molar-refractivity contribution in [1.29, 1.82) is 0 Å². The number of hydrogen-bond acceptors (Lipinski definition) is 3. The van der Waals surface area contributed by atoms with Crippen LogP contribution in [0.15, 0.2) is 17.5 Å². The van der Waals surface area contributed by atoms with Gasteiger partial charge >= 0.3 is 5.97 Å². The number of amides is 1. The first-order valence-electron chi connectivity index (χ1n) is 5.47. The maximum absolute atomic E-state index is 13.9. The average molecular weight is 297 g/mol. The van der Waals surface area contributed by atoms with E-state index in [1.807, 2.05) is 0 Å². The van der Waals surface area contributed by atoms with E-state index >= 15 is 0 Å². The van der Waals surface area contributed by atoms with Gasteiger partial charge in [0, 0.05) is 16.5 Å². The number of carboxylic acids is 1. The highest BCUT2D eigenvalue weighted by Gasteiger charge is 2.23. The normalized spacial score (nSPS) is 10.3. The van der Waals surface area contributed by atoms with E-state index in [0.29, 0.717) is 6.41 Å². The minimum atomic E-state index is -1.33. The summed E-state index contributed by atoms with van der Waals surface area (Å²) in [6.07, 6.45) is 0.328. The van der Waals surface area contributed by atoms with Crippen LogP contribution >= 0.6 is 11.3 Å². The van der Waals surface area contributed by atoms with Crippen molar-refractivity contribution in [3.8, 4) is 11.1 Å². The standard InChI is InChI=1S/C13H9F2NO3S/c1-6-2-3-7(11(15)10(6)14)8-4-20-12(16-5-17)9(8)13(18)19/h2-5H,1H3,(H,16,17)(H,18,19). The second-order valence-electron chi connectivity index (χ2n) is 3.98. The Morgan fingerprint density at radius 1 is 1.30 bits per heavy atom. The monoisotopic (exact) mass is 297 g/mol. The summed E-state index contributed by atoms with van der Waals surface area (Å²) in [5, 5.41) is 12.8. The molecule has 2 N–H and O–H groups in total. The van der Waals surface area contributed by atoms with Gasteiger partial charge in [-0.2, -0.15) is 0 Å². The molecule has 0 unspecified atom stereocenters. The Kier molecular flexibility index (Phi) is 3.80. The van der Waals surface area contributed by atoms with Crippen LogP contribution in [0.25, 0.3) is 11.1 Å². The number of rotatable bonds is 4. The highest BCUT2D eigenvalue weighted by atomic mass is 32.1. The van der Waals surface area contributed by atoms with Gasteiger partial charge in [0.15, 0.2) is 11.6 Å². The van der Waals surface area contributed by atoms with E-state index in [0.717, 1.165) is 11.3 Å². The molecule has 2 rings (SSSR count). The van der Waals surface area contributed by atoms with Gasteiger partial charge in [0.1, 0.15) is 10.6 Å². The Balaban J connectivity index is 2.67. The molecule has 4 nitrogen and oxygen atoms in total. The number of nitrogens with one attached hydrogen (secondary N) is 1. The van der Waals surface area contributed by atoms with Gasteiger partial charge in [-0.3, -0.25) is 4.79 Å². The van der Waals surface area contributed by atoms with Crippen molar-refractivity contribution in [3.05, 3.63) is 40.3 Å². The Morgan fingerprint density at radius 2 is 2.00 bits per heavy atom. The number of carbonyl (C=O) groups excluding carboxylic acids is 1. The number of thiophene rings is 1. The molecule has 1 heterocycles. The van der Waals surface area contributed by atoms with Gasteiger partial charge in [-0.15, -0.1) is 11.3 Å². The fraction of sp³-hybridized carbons (Fsp3) is 0.0769. The SMILES string of the molecule is Cc1ccc(-c2csc(NC=O)c2C(=O)O)c(F)c1F. The molecule has 104 valence electrons. The molecular weight excluding hydrogens is 288 g/mol. The molecule has 0 fully saturated rings. The van der Waals surface area contributed by atoms with Crippen molar-refractivity contribution < 1.29 is 23.5 Å². The van der Waals surface area contributed by atoms with Crippen LogP contribution in [0.2, 0.25) is 0 Å². The van der Waals surface area contributed by atoms with E-state index in [4.69, 9.17) is 0 Å². The van der Waals surface area contributed by atoms with Gasteiger partial charge in [0.2, 0.25) is 6.41 Å². The van der Waals surface area contributed by atoms with Crippen molar-refractivity contribution in [2.24, 2.45) is 0 Å². The van der Waals surface area contributed by atoms with Crippen LogP contribution < -0.4 is 5.32 Å². The lowest BCUT2D eigenvalue weighted by atomic mass is 10.0. The molecule has 0 bridgehead atoms. The third-order valence-corrected chi connectivity index (χ3v) is 3.67. The number of aromatic carboxylic acids is 1. The molecule has 1 aromatic heterocycles. The average Bonchev–Trinajstić information content (AvgIpc) is 2.80. The molecule has 1 aromatic carbocycles. The summed E-state index contributed by atoms with van der Waals surface area (Å²) in [5.41, 5.74) is -0.252. The number of carbonyl (C=O) groups is 2. The number of carboxylic acid groups (broad SMARTS) is 1. The van der Waals surface area contributed by atoms with Gasteiger partial charge in [0.05, 0.1) is 0 Å². The van der Waals surface area contributed by atoms with Crippen molar-refractivity contribution in [2.75, 3.05) is 5.32 Å². The first-order valence-corrected chi connectivity index (χ1v) is 6.35. The zero-order chi connectivity index (χ0) is 14.9. The number of hydrogen-bond donors (Lipinski definition) is 2. The van der Waals surface area contributed by atoms with Crippen LogP contribution in [0, 0.1) is 18.6 Å². The molecule has 7 heteroatoms.